The Balaban J connectivity index is 2.31. The molecule has 98 valence electrons. The zero-order valence-corrected chi connectivity index (χ0v) is 11.5. The molecule has 2 rings (SSSR count). The van der Waals surface area contributed by atoms with E-state index >= 15 is 0 Å². The molecule has 0 aliphatic rings. The molecular formula is C15H14ClNO2. The first-order valence-electron chi connectivity index (χ1n) is 5.84. The van der Waals surface area contributed by atoms with E-state index in [1.165, 1.54) is 0 Å². The summed E-state index contributed by atoms with van der Waals surface area (Å²) in [5.74, 6) is -0.919. The van der Waals surface area contributed by atoms with Gasteiger partial charge in [0.2, 0.25) is 0 Å². The summed E-state index contributed by atoms with van der Waals surface area (Å²) in [7, 11) is 0. The molecule has 4 heteroatoms. The summed E-state index contributed by atoms with van der Waals surface area (Å²) in [6.07, 6.45) is 0. The number of benzene rings is 2. The Hall–Kier alpha value is -2.00. The molecular weight excluding hydrogens is 262 g/mol. The second-order valence-electron chi connectivity index (χ2n) is 4.44. The monoisotopic (exact) mass is 275 g/mol. The van der Waals surface area contributed by atoms with Crippen molar-refractivity contribution in [2.45, 2.75) is 13.8 Å². The topological polar surface area (TPSA) is 49.3 Å². The molecule has 0 aliphatic carbocycles. The van der Waals surface area contributed by atoms with Crippen LogP contribution in [0.4, 0.5) is 11.4 Å². The van der Waals surface area contributed by atoms with E-state index in [-0.39, 0.29) is 0 Å². The molecule has 3 nitrogen and oxygen atoms in total. The Morgan fingerprint density at radius 3 is 2.53 bits per heavy atom. The van der Waals surface area contributed by atoms with Crippen molar-refractivity contribution in [2.24, 2.45) is 0 Å². The number of carboxylic acid groups (broad SMARTS) is 1. The third-order valence-corrected chi connectivity index (χ3v) is 3.19. The average Bonchev–Trinajstić information content (AvgIpc) is 2.33. The lowest BCUT2D eigenvalue weighted by Gasteiger charge is -2.11. The normalized spacial score (nSPS) is 10.3. The minimum atomic E-state index is -0.919. The summed E-state index contributed by atoms with van der Waals surface area (Å²) in [6, 6.07) is 10.8. The molecule has 2 aromatic rings. The first-order chi connectivity index (χ1) is 8.97. The van der Waals surface area contributed by atoms with Crippen LogP contribution < -0.4 is 5.32 Å². The Bertz CT molecular complexity index is 638. The van der Waals surface area contributed by atoms with Gasteiger partial charge < -0.3 is 10.4 Å². The van der Waals surface area contributed by atoms with Crippen LogP contribution in [0.2, 0.25) is 5.02 Å². The third-order valence-electron chi connectivity index (χ3n) is 2.86. The second-order valence-corrected chi connectivity index (χ2v) is 4.85. The molecule has 0 amide bonds. The van der Waals surface area contributed by atoms with Crippen LogP contribution in [0.5, 0.6) is 0 Å². The quantitative estimate of drug-likeness (QED) is 0.873. The van der Waals surface area contributed by atoms with Crippen LogP contribution in [0.1, 0.15) is 21.5 Å². The number of nitrogens with one attached hydrogen (secondary N) is 1. The smallest absolute Gasteiger partial charge is 0.335 e. The number of aromatic carboxylic acids is 1. The van der Waals surface area contributed by atoms with Crippen LogP contribution in [-0.4, -0.2) is 11.1 Å². The van der Waals surface area contributed by atoms with Gasteiger partial charge in [0.15, 0.2) is 0 Å². The van der Waals surface area contributed by atoms with Gasteiger partial charge in [0.05, 0.1) is 16.3 Å². The van der Waals surface area contributed by atoms with E-state index in [0.717, 1.165) is 16.9 Å². The fourth-order valence-electron chi connectivity index (χ4n) is 1.87. The lowest BCUT2D eigenvalue weighted by Crippen LogP contribution is -2.00. The summed E-state index contributed by atoms with van der Waals surface area (Å²) >= 11 is 6.11. The van der Waals surface area contributed by atoms with Gasteiger partial charge in [-0.25, -0.2) is 4.79 Å². The minimum absolute atomic E-state index is 0.306. The Morgan fingerprint density at radius 1 is 1.16 bits per heavy atom. The number of anilines is 2. The summed E-state index contributed by atoms with van der Waals surface area (Å²) in [6.45, 7) is 3.76. The van der Waals surface area contributed by atoms with E-state index in [1.807, 2.05) is 25.1 Å². The van der Waals surface area contributed by atoms with Crippen LogP contribution in [-0.2, 0) is 0 Å². The number of carboxylic acids is 1. The van der Waals surface area contributed by atoms with E-state index in [0.29, 0.717) is 16.1 Å². The van der Waals surface area contributed by atoms with Gasteiger partial charge in [-0.1, -0.05) is 17.7 Å². The lowest BCUT2D eigenvalue weighted by atomic mass is 10.1. The largest absolute Gasteiger partial charge is 0.478 e. The minimum Gasteiger partial charge on any atom is -0.478 e. The van der Waals surface area contributed by atoms with Crippen LogP contribution in [0.25, 0.3) is 0 Å². The van der Waals surface area contributed by atoms with Gasteiger partial charge in [0.1, 0.15) is 0 Å². The maximum atomic E-state index is 10.9. The standard InChI is InChI=1S/C15H14ClNO2/c1-9-3-6-13(16)14(7-9)17-11-4-5-12(15(18)19)10(2)8-11/h3-8,17H,1-2H3,(H,18,19). The van der Waals surface area contributed by atoms with Crippen LogP contribution in [0, 0.1) is 13.8 Å². The Morgan fingerprint density at radius 2 is 1.89 bits per heavy atom. The predicted molar refractivity (Wildman–Crippen MR) is 77.6 cm³/mol. The fraction of sp³-hybridized carbons (Fsp3) is 0.133. The molecule has 2 aromatic carbocycles. The SMILES string of the molecule is Cc1ccc(Cl)c(Nc2ccc(C(=O)O)c(C)c2)c1. The van der Waals surface area contributed by atoms with Gasteiger partial charge in [-0.3, -0.25) is 0 Å². The van der Waals surface area contributed by atoms with Crippen molar-refractivity contribution in [3.8, 4) is 0 Å². The van der Waals surface area contributed by atoms with Crippen LogP contribution >= 0.6 is 11.6 Å². The Labute approximate surface area is 116 Å². The molecule has 0 atom stereocenters. The predicted octanol–water partition coefficient (Wildman–Crippen LogP) is 4.40. The summed E-state index contributed by atoms with van der Waals surface area (Å²) in [5.41, 5.74) is 3.74. The number of aryl methyl sites for hydroxylation is 2. The summed E-state index contributed by atoms with van der Waals surface area (Å²) in [5, 5.41) is 12.8. The molecule has 0 saturated carbocycles. The molecule has 0 heterocycles. The number of hydrogen-bond donors (Lipinski definition) is 2. The molecule has 0 bridgehead atoms. The van der Waals surface area contributed by atoms with Gasteiger partial charge in [0.25, 0.3) is 0 Å². The van der Waals surface area contributed by atoms with E-state index in [4.69, 9.17) is 16.7 Å². The van der Waals surface area contributed by atoms with Crippen molar-refractivity contribution in [3.05, 3.63) is 58.1 Å². The number of hydrogen-bond acceptors (Lipinski definition) is 2. The van der Waals surface area contributed by atoms with Crippen molar-refractivity contribution in [2.75, 3.05) is 5.32 Å². The van der Waals surface area contributed by atoms with E-state index in [1.54, 1.807) is 25.1 Å². The molecule has 0 radical (unpaired) electrons. The van der Waals surface area contributed by atoms with Crippen molar-refractivity contribution < 1.29 is 9.90 Å². The summed E-state index contributed by atoms with van der Waals surface area (Å²) < 4.78 is 0. The van der Waals surface area contributed by atoms with Crippen molar-refractivity contribution >= 4 is 28.9 Å². The highest BCUT2D eigenvalue weighted by molar-refractivity contribution is 6.33. The molecule has 0 unspecified atom stereocenters. The molecule has 0 saturated heterocycles. The maximum absolute atomic E-state index is 10.9. The molecule has 2 N–H and O–H groups in total. The lowest BCUT2D eigenvalue weighted by molar-refractivity contribution is 0.0696. The second kappa shape index (κ2) is 5.33. The summed E-state index contributed by atoms with van der Waals surface area (Å²) in [4.78, 5) is 10.9. The molecule has 0 spiro atoms. The molecule has 0 fully saturated rings. The Kier molecular flexibility index (Phi) is 3.76. The zero-order valence-electron chi connectivity index (χ0n) is 10.7. The number of halogens is 1. The van der Waals surface area contributed by atoms with Gasteiger partial charge >= 0.3 is 5.97 Å². The van der Waals surface area contributed by atoms with Crippen LogP contribution in [0.3, 0.4) is 0 Å². The van der Waals surface area contributed by atoms with Gasteiger partial charge in [-0.2, -0.15) is 0 Å². The van der Waals surface area contributed by atoms with Crippen molar-refractivity contribution in [1.29, 1.82) is 0 Å². The highest BCUT2D eigenvalue weighted by atomic mass is 35.5. The maximum Gasteiger partial charge on any atom is 0.335 e. The van der Waals surface area contributed by atoms with Gasteiger partial charge in [-0.15, -0.1) is 0 Å². The molecule has 0 aliphatic heterocycles. The fourth-order valence-corrected chi connectivity index (χ4v) is 2.04. The van der Waals surface area contributed by atoms with Crippen molar-refractivity contribution in [3.63, 3.8) is 0 Å². The van der Waals surface area contributed by atoms with Gasteiger partial charge in [-0.05, 0) is 55.3 Å². The number of rotatable bonds is 3. The average molecular weight is 276 g/mol. The van der Waals surface area contributed by atoms with E-state index < -0.39 is 5.97 Å². The first kappa shape index (κ1) is 13.4. The van der Waals surface area contributed by atoms with E-state index in [9.17, 15) is 4.79 Å². The van der Waals surface area contributed by atoms with Crippen LogP contribution in [0.15, 0.2) is 36.4 Å². The molecule has 0 aromatic heterocycles. The zero-order chi connectivity index (χ0) is 14.0. The highest BCUT2D eigenvalue weighted by Gasteiger charge is 2.08. The van der Waals surface area contributed by atoms with Crippen molar-refractivity contribution in [1.82, 2.24) is 0 Å². The number of carbonyl (C=O) groups is 1. The highest BCUT2D eigenvalue weighted by Crippen LogP contribution is 2.27. The van der Waals surface area contributed by atoms with E-state index in [2.05, 4.69) is 5.32 Å². The van der Waals surface area contributed by atoms with Gasteiger partial charge in [0, 0.05) is 5.69 Å². The third kappa shape index (κ3) is 3.06. The first-order valence-corrected chi connectivity index (χ1v) is 6.22. The molecule has 19 heavy (non-hydrogen) atoms.